The highest BCUT2D eigenvalue weighted by atomic mass is 32.1. The smallest absolute Gasteiger partial charge is 0.0154 e. The van der Waals surface area contributed by atoms with E-state index in [4.69, 9.17) is 0 Å². The maximum Gasteiger partial charge on any atom is 0.0154 e. The van der Waals surface area contributed by atoms with E-state index in [0.717, 1.165) is 17.7 Å². The monoisotopic (exact) mass is 222 g/mol. The van der Waals surface area contributed by atoms with Gasteiger partial charge in [0.2, 0.25) is 0 Å². The van der Waals surface area contributed by atoms with E-state index >= 15 is 0 Å². The third-order valence-corrected chi connectivity index (χ3v) is 2.66. The van der Waals surface area contributed by atoms with Crippen LogP contribution in [0.3, 0.4) is 0 Å². The second-order valence-corrected chi connectivity index (χ2v) is 3.58. The molecule has 1 heteroatoms. The summed E-state index contributed by atoms with van der Waals surface area (Å²) in [5.74, 6) is 0.730. The van der Waals surface area contributed by atoms with Crippen LogP contribution in [0.25, 0.3) is 5.57 Å². The number of hydrogen-bond donors (Lipinski definition) is 1. The first-order chi connectivity index (χ1) is 7.19. The van der Waals surface area contributed by atoms with E-state index in [2.05, 4.69) is 51.3 Å². The lowest BCUT2D eigenvalue weighted by molar-refractivity contribution is 1.13. The first kappa shape index (κ1) is 14.3. The van der Waals surface area contributed by atoms with Gasteiger partial charge in [-0.05, 0) is 35.6 Å². The van der Waals surface area contributed by atoms with Crippen LogP contribution in [0.5, 0.6) is 0 Å². The van der Waals surface area contributed by atoms with E-state index in [-0.39, 0.29) is 0 Å². The maximum absolute atomic E-state index is 4.24. The molecular formula is C14H22S. The second kappa shape index (κ2) is 7.58. The summed E-state index contributed by atoms with van der Waals surface area (Å²) in [6.45, 7) is 12.3. The Morgan fingerprint density at radius 3 is 2.40 bits per heavy atom. The summed E-state index contributed by atoms with van der Waals surface area (Å²) in [4.78, 5) is 0. The lowest BCUT2D eigenvalue weighted by atomic mass is 9.99. The molecule has 0 spiro atoms. The molecule has 0 nitrogen and oxygen atoms in total. The van der Waals surface area contributed by atoms with Crippen molar-refractivity contribution in [2.24, 2.45) is 0 Å². The Hall–Kier alpha value is -0.690. The molecule has 0 radical (unpaired) electrons. The molecule has 1 rings (SSSR count). The minimum absolute atomic E-state index is 0.730. The number of benzene rings is 1. The fourth-order valence-electron chi connectivity index (χ4n) is 1.36. The van der Waals surface area contributed by atoms with E-state index in [1.165, 1.54) is 16.7 Å². The average molecular weight is 222 g/mol. The maximum atomic E-state index is 4.24. The van der Waals surface area contributed by atoms with Gasteiger partial charge in [0.1, 0.15) is 0 Å². The molecule has 0 bridgehead atoms. The topological polar surface area (TPSA) is 0 Å². The summed E-state index contributed by atoms with van der Waals surface area (Å²) in [5.41, 5.74) is 5.02. The number of thiol groups is 1. The third-order valence-electron chi connectivity index (χ3n) is 2.28. The van der Waals surface area contributed by atoms with Crippen molar-refractivity contribution in [1.82, 2.24) is 0 Å². The highest BCUT2D eigenvalue weighted by Crippen LogP contribution is 2.20. The quantitative estimate of drug-likeness (QED) is 0.714. The molecule has 0 amide bonds. The van der Waals surface area contributed by atoms with Gasteiger partial charge in [-0.3, -0.25) is 0 Å². The molecule has 0 atom stereocenters. The zero-order chi connectivity index (χ0) is 11.8. The molecule has 15 heavy (non-hydrogen) atoms. The van der Waals surface area contributed by atoms with Crippen LogP contribution < -0.4 is 0 Å². The van der Waals surface area contributed by atoms with E-state index in [1.54, 1.807) is 0 Å². The van der Waals surface area contributed by atoms with E-state index < -0.39 is 0 Å². The normalized spacial score (nSPS) is 9.13. The average Bonchev–Trinajstić information content (AvgIpc) is 2.31. The molecular weight excluding hydrogens is 200 g/mol. The van der Waals surface area contributed by atoms with Crippen LogP contribution >= 0.6 is 12.6 Å². The first-order valence-corrected chi connectivity index (χ1v) is 6.20. The molecule has 0 fully saturated rings. The number of rotatable bonds is 3. The summed E-state index contributed by atoms with van der Waals surface area (Å²) < 4.78 is 0. The van der Waals surface area contributed by atoms with E-state index in [1.807, 2.05) is 13.8 Å². The Kier molecular flexibility index (Phi) is 7.23. The van der Waals surface area contributed by atoms with Gasteiger partial charge in [0.25, 0.3) is 0 Å². The van der Waals surface area contributed by atoms with Crippen molar-refractivity contribution in [3.05, 3.63) is 41.5 Å². The molecule has 0 aliphatic rings. The molecule has 0 unspecified atom stereocenters. The zero-order valence-electron chi connectivity index (χ0n) is 10.3. The van der Waals surface area contributed by atoms with Gasteiger partial charge in [0, 0.05) is 5.75 Å². The Labute approximate surface area is 99.8 Å². The van der Waals surface area contributed by atoms with E-state index in [9.17, 15) is 0 Å². The molecule has 0 aliphatic heterocycles. The van der Waals surface area contributed by atoms with Gasteiger partial charge in [-0.1, -0.05) is 45.5 Å². The molecule has 0 N–H and O–H groups in total. The van der Waals surface area contributed by atoms with Crippen molar-refractivity contribution < 1.29 is 0 Å². The molecule has 0 saturated carbocycles. The summed E-state index contributed by atoms with van der Waals surface area (Å²) in [6.07, 6.45) is 1.08. The van der Waals surface area contributed by atoms with Gasteiger partial charge in [0.15, 0.2) is 0 Å². The van der Waals surface area contributed by atoms with Crippen molar-refractivity contribution in [3.8, 4) is 0 Å². The largest absolute Gasteiger partial charge is 0.175 e. The van der Waals surface area contributed by atoms with Crippen LogP contribution in [-0.2, 0) is 6.42 Å². The minimum atomic E-state index is 0.730. The molecule has 84 valence electrons. The summed E-state index contributed by atoms with van der Waals surface area (Å²) in [5, 5.41) is 0. The molecule has 1 aromatic rings. The van der Waals surface area contributed by atoms with Crippen LogP contribution in [0.15, 0.2) is 24.8 Å². The van der Waals surface area contributed by atoms with Gasteiger partial charge in [-0.15, -0.1) is 0 Å². The standard InChI is InChI=1S/C12H16S.C2H6/c1-4-11-6-5-9(2)12(7-11)10(3)8-13;1-2/h5-7,13H,3-4,8H2,1-2H3;1-2H3. The third kappa shape index (κ3) is 4.13. The fraction of sp³-hybridized carbons (Fsp3) is 0.429. The van der Waals surface area contributed by atoms with E-state index in [0.29, 0.717) is 0 Å². The van der Waals surface area contributed by atoms with Crippen LogP contribution in [0.1, 0.15) is 37.5 Å². The van der Waals surface area contributed by atoms with Crippen molar-refractivity contribution in [3.63, 3.8) is 0 Å². The highest BCUT2D eigenvalue weighted by Gasteiger charge is 2.01. The van der Waals surface area contributed by atoms with Crippen molar-refractivity contribution in [2.75, 3.05) is 5.75 Å². The van der Waals surface area contributed by atoms with Crippen molar-refractivity contribution in [2.45, 2.75) is 34.1 Å². The summed E-state index contributed by atoms with van der Waals surface area (Å²) in [6, 6.07) is 6.54. The summed E-state index contributed by atoms with van der Waals surface area (Å²) >= 11 is 4.24. The Morgan fingerprint density at radius 2 is 1.93 bits per heavy atom. The Bertz CT molecular complexity index is 313. The van der Waals surface area contributed by atoms with Crippen molar-refractivity contribution >= 4 is 18.2 Å². The lowest BCUT2D eigenvalue weighted by Crippen LogP contribution is -1.91. The van der Waals surface area contributed by atoms with Gasteiger partial charge in [-0.25, -0.2) is 0 Å². The van der Waals surface area contributed by atoms with Gasteiger partial charge >= 0.3 is 0 Å². The van der Waals surface area contributed by atoms with Crippen molar-refractivity contribution in [1.29, 1.82) is 0 Å². The van der Waals surface area contributed by atoms with Gasteiger partial charge in [0.05, 0.1) is 0 Å². The molecule has 0 aromatic heterocycles. The number of hydrogen-bond acceptors (Lipinski definition) is 1. The van der Waals surface area contributed by atoms with Crippen LogP contribution in [0.2, 0.25) is 0 Å². The highest BCUT2D eigenvalue weighted by molar-refractivity contribution is 7.80. The van der Waals surface area contributed by atoms with Crippen LogP contribution in [0, 0.1) is 6.92 Å². The van der Waals surface area contributed by atoms with Gasteiger partial charge < -0.3 is 0 Å². The second-order valence-electron chi connectivity index (χ2n) is 3.26. The summed E-state index contributed by atoms with van der Waals surface area (Å²) in [7, 11) is 0. The molecule has 1 aromatic carbocycles. The predicted octanol–water partition coefficient (Wildman–Crippen LogP) is 4.53. The fourth-order valence-corrected chi connectivity index (χ4v) is 1.53. The minimum Gasteiger partial charge on any atom is -0.175 e. The molecule has 0 aliphatic carbocycles. The molecule has 0 saturated heterocycles. The first-order valence-electron chi connectivity index (χ1n) is 5.57. The van der Waals surface area contributed by atoms with Gasteiger partial charge in [-0.2, -0.15) is 12.6 Å². The molecule has 0 heterocycles. The van der Waals surface area contributed by atoms with Crippen LogP contribution in [0.4, 0.5) is 0 Å². The Morgan fingerprint density at radius 1 is 1.33 bits per heavy atom. The number of aryl methyl sites for hydroxylation is 2. The lowest BCUT2D eigenvalue weighted by Gasteiger charge is -2.08. The predicted molar refractivity (Wildman–Crippen MR) is 74.8 cm³/mol. The van der Waals surface area contributed by atoms with Crippen LogP contribution in [-0.4, -0.2) is 5.75 Å². The Balaban J connectivity index is 0.000000921. The SMILES string of the molecule is C=C(CS)c1cc(CC)ccc1C.CC. The zero-order valence-corrected chi connectivity index (χ0v) is 11.2.